The number of carbonyl (C=O) groups excluding carboxylic acids is 1. The molecule has 1 N–H and O–H groups in total. The van der Waals surface area contributed by atoms with Gasteiger partial charge in [0.25, 0.3) is 5.92 Å². The maximum absolute atomic E-state index is 15.5. The Labute approximate surface area is 368 Å². The quantitative estimate of drug-likeness (QED) is 0.0616. The Hall–Kier alpha value is -5.54. The van der Waals surface area contributed by atoms with Crippen LogP contribution >= 0.6 is 11.6 Å². The standard InChI is InChI=1S/C40H32ClF10N7O5S2/c1-37(2,64(4,60)61)11-10-22-6-7-23(24-8-9-27(41)31-33(24)58(18-38(44,45)46)55-36(31)56(3)65(5,62)63)32(52-22)28(14-19-12-20(42)15-21(43)13-19)53-29(59)17-57-35-30(34(54-57)40(49,50)51)25-16-26(25)39(35,47)48/h6-9,12-13,15,25-26,28H,3,14,16-18H2,1-2,4-5H3/p+1/t25-,26?,28-/m0/s1. The van der Waals surface area contributed by atoms with Crippen LogP contribution in [0, 0.1) is 29.4 Å². The molecule has 0 spiro atoms. The summed E-state index contributed by atoms with van der Waals surface area (Å²) in [5.41, 5.74) is -5.25. The molecule has 0 aliphatic heterocycles. The Morgan fingerprint density at radius 3 is 2.20 bits per heavy atom. The van der Waals surface area contributed by atoms with Crippen LogP contribution in [0.5, 0.6) is 0 Å². The number of hydrogen-bond donors (Lipinski definition) is 1. The number of alkyl halides is 8. The van der Waals surface area contributed by atoms with E-state index in [9.17, 15) is 56.8 Å². The van der Waals surface area contributed by atoms with Gasteiger partial charge < -0.3 is 5.32 Å². The summed E-state index contributed by atoms with van der Waals surface area (Å²) in [6.45, 7) is 2.83. The van der Waals surface area contributed by atoms with Crippen molar-refractivity contribution in [2.75, 3.05) is 12.5 Å². The topological polar surface area (TPSA) is 149 Å². The molecule has 65 heavy (non-hydrogen) atoms. The van der Waals surface area contributed by atoms with Crippen molar-refractivity contribution in [2.45, 2.75) is 74.8 Å². The highest BCUT2D eigenvalue weighted by molar-refractivity contribution is 7.92. The Kier molecular flexibility index (Phi) is 11.5. The number of rotatable bonds is 11. The van der Waals surface area contributed by atoms with Crippen molar-refractivity contribution in [1.29, 1.82) is 0 Å². The fourth-order valence-electron chi connectivity index (χ4n) is 7.59. The van der Waals surface area contributed by atoms with E-state index in [4.69, 9.17) is 11.6 Å². The molecule has 3 aromatic heterocycles. The molecule has 3 atom stereocenters. The zero-order chi connectivity index (χ0) is 48.1. The van der Waals surface area contributed by atoms with Gasteiger partial charge in [0, 0.05) is 34.9 Å². The number of nitrogens with zero attached hydrogens (tertiary/aromatic N) is 6. The van der Waals surface area contributed by atoms with Crippen molar-refractivity contribution in [3.8, 4) is 23.0 Å². The van der Waals surface area contributed by atoms with Gasteiger partial charge >= 0.3 is 28.2 Å². The van der Waals surface area contributed by atoms with E-state index in [1.165, 1.54) is 32.0 Å². The molecule has 346 valence electrons. The summed E-state index contributed by atoms with van der Waals surface area (Å²) < 4.78 is 195. The summed E-state index contributed by atoms with van der Waals surface area (Å²) in [5, 5.41) is 9.02. The lowest BCUT2D eigenvalue weighted by Crippen LogP contribution is -2.35. The number of hydrogen-bond acceptors (Lipinski definition) is 8. The van der Waals surface area contributed by atoms with Gasteiger partial charge in [0.15, 0.2) is 22.1 Å². The summed E-state index contributed by atoms with van der Waals surface area (Å²) in [5.74, 6) is -5.48. The fourth-order valence-corrected chi connectivity index (χ4v) is 8.50. The number of benzene rings is 2. The van der Waals surface area contributed by atoms with Gasteiger partial charge in [0.1, 0.15) is 45.2 Å². The van der Waals surface area contributed by atoms with E-state index in [0.29, 0.717) is 21.0 Å². The predicted molar refractivity (Wildman–Crippen MR) is 215 cm³/mol. The van der Waals surface area contributed by atoms with Crippen LogP contribution in [0.3, 0.4) is 0 Å². The summed E-state index contributed by atoms with van der Waals surface area (Å²) in [7, 11) is -8.17. The fraction of sp³-hybridized carbons (Fsp3) is 0.375. The summed E-state index contributed by atoms with van der Waals surface area (Å²) >= 11 is 6.51. The minimum Gasteiger partial charge on any atom is -0.346 e. The van der Waals surface area contributed by atoms with Gasteiger partial charge in [-0.3, -0.25) is 9.48 Å². The van der Waals surface area contributed by atoms with Gasteiger partial charge in [-0.1, -0.05) is 23.6 Å². The third kappa shape index (κ3) is 9.18. The van der Waals surface area contributed by atoms with Crippen LogP contribution in [-0.4, -0.2) is 81.4 Å². The molecule has 1 unspecified atom stereocenters. The summed E-state index contributed by atoms with van der Waals surface area (Å²) in [6, 6.07) is 5.20. The predicted octanol–water partition coefficient (Wildman–Crippen LogP) is 7.60. The SMILES string of the molecule is C=[N+](c1nn(CC(F)(F)F)c2c(-c3ccc(C#CC(C)(C)S(C)(=O)=O)nc3[C@H](Cc3cc(F)cc(F)c3)NC(=O)Cn3nc(C(F)(F)F)c4c3C(F)(F)C3C[C@H]43)ccc(Cl)c12)S(C)(=O)=O. The van der Waals surface area contributed by atoms with Gasteiger partial charge in [-0.2, -0.15) is 53.3 Å². The second-order valence-corrected chi connectivity index (χ2v) is 21.0. The first kappa shape index (κ1) is 47.4. The molecule has 0 bridgehead atoms. The molecule has 25 heteroatoms. The lowest BCUT2D eigenvalue weighted by Gasteiger charge is -2.23. The molecule has 2 aromatic carbocycles. The van der Waals surface area contributed by atoms with Gasteiger partial charge in [0.05, 0.1) is 34.8 Å². The third-order valence-corrected chi connectivity index (χ3v) is 14.2. The van der Waals surface area contributed by atoms with Gasteiger partial charge in [-0.25, -0.2) is 22.2 Å². The summed E-state index contributed by atoms with van der Waals surface area (Å²) in [6.07, 6.45) is -9.50. The second kappa shape index (κ2) is 15.8. The molecule has 5 aromatic rings. The number of nitrogens with one attached hydrogen (secondary N) is 1. The average molecular weight is 981 g/mol. The largest absolute Gasteiger partial charge is 0.435 e. The molecular weight excluding hydrogens is 948 g/mol. The molecular formula is C40H33ClF10N7O5S2+. The zero-order valence-electron chi connectivity index (χ0n) is 34.0. The highest BCUT2D eigenvalue weighted by atomic mass is 35.5. The van der Waals surface area contributed by atoms with Crippen molar-refractivity contribution in [3.63, 3.8) is 0 Å². The number of aromatic nitrogens is 5. The normalized spacial score (nSPS) is 17.6. The van der Waals surface area contributed by atoms with Crippen LogP contribution in [-0.2, 0) is 56.3 Å². The van der Waals surface area contributed by atoms with Crippen molar-refractivity contribution in [3.05, 3.63) is 93.0 Å². The number of fused-ring (bicyclic) bond motifs is 4. The van der Waals surface area contributed by atoms with Crippen LogP contribution in [0.1, 0.15) is 66.1 Å². The molecule has 1 fully saturated rings. The molecule has 7 rings (SSSR count). The van der Waals surface area contributed by atoms with E-state index in [1.807, 2.05) is 0 Å². The Morgan fingerprint density at radius 1 is 0.985 bits per heavy atom. The molecule has 1 saturated carbocycles. The maximum atomic E-state index is 15.5. The minimum atomic E-state index is -5.19. The molecule has 0 saturated heterocycles. The van der Waals surface area contributed by atoms with Gasteiger partial charge in [-0.05, 0) is 74.4 Å². The number of amides is 1. The number of sulfone groups is 1. The lowest BCUT2D eigenvalue weighted by molar-refractivity contribution is -0.252. The first-order valence-electron chi connectivity index (χ1n) is 18.9. The van der Waals surface area contributed by atoms with Crippen molar-refractivity contribution in [2.24, 2.45) is 5.92 Å². The zero-order valence-corrected chi connectivity index (χ0v) is 36.4. The molecule has 2 aliphatic rings. The Bertz CT molecular complexity index is 3120. The molecule has 12 nitrogen and oxygen atoms in total. The Morgan fingerprint density at radius 2 is 1.62 bits per heavy atom. The van der Waals surface area contributed by atoms with Gasteiger partial charge in [0.2, 0.25) is 5.91 Å². The van der Waals surface area contributed by atoms with Crippen LogP contribution in [0.4, 0.5) is 49.7 Å². The molecule has 1 amide bonds. The van der Waals surface area contributed by atoms with E-state index in [2.05, 4.69) is 39.1 Å². The van der Waals surface area contributed by atoms with Crippen LogP contribution in [0.15, 0.2) is 42.5 Å². The van der Waals surface area contributed by atoms with E-state index in [1.54, 1.807) is 0 Å². The first-order valence-corrected chi connectivity index (χ1v) is 23.0. The third-order valence-electron chi connectivity index (χ3n) is 10.9. The number of carbonyl (C=O) groups is 1. The van der Waals surface area contributed by atoms with Crippen molar-refractivity contribution in [1.82, 2.24) is 29.9 Å². The van der Waals surface area contributed by atoms with Gasteiger partial charge in [-0.15, -0.1) is 3.98 Å². The molecule has 3 heterocycles. The van der Waals surface area contributed by atoms with E-state index in [0.717, 1.165) is 24.5 Å². The van der Waals surface area contributed by atoms with Crippen LogP contribution < -0.4 is 5.32 Å². The van der Waals surface area contributed by atoms with Crippen LogP contribution in [0.2, 0.25) is 5.02 Å². The van der Waals surface area contributed by atoms with Crippen molar-refractivity contribution >= 4 is 60.8 Å². The highest BCUT2D eigenvalue weighted by Gasteiger charge is 2.68. The number of halogens is 11. The first-order chi connectivity index (χ1) is 29.8. The second-order valence-electron chi connectivity index (χ2n) is 16.1. The maximum Gasteiger partial charge on any atom is 0.435 e. The van der Waals surface area contributed by atoms with Crippen molar-refractivity contribution < 1.29 is 69.5 Å². The average Bonchev–Trinajstić information content (AvgIpc) is 3.66. The smallest absolute Gasteiger partial charge is 0.346 e. The lowest BCUT2D eigenvalue weighted by atomic mass is 9.93. The van der Waals surface area contributed by atoms with Crippen LogP contribution in [0.25, 0.3) is 22.0 Å². The molecule has 0 radical (unpaired) electrons. The van der Waals surface area contributed by atoms with E-state index < -0.39 is 126 Å². The Balaban J connectivity index is 1.47. The minimum absolute atomic E-state index is 0.201. The van der Waals surface area contributed by atoms with E-state index >= 15 is 8.78 Å². The monoisotopic (exact) mass is 980 g/mol. The highest BCUT2D eigenvalue weighted by Crippen LogP contribution is 2.68. The number of sulfonamides is 1. The van der Waals surface area contributed by atoms with E-state index in [-0.39, 0.29) is 49.6 Å². The summed E-state index contributed by atoms with van der Waals surface area (Å²) in [4.78, 5) is 18.5. The molecule has 2 aliphatic carbocycles. The number of pyridine rings is 1.